The lowest BCUT2D eigenvalue weighted by atomic mass is 10.3. The summed E-state index contributed by atoms with van der Waals surface area (Å²) >= 11 is 0. The zero-order valence-corrected chi connectivity index (χ0v) is 11.1. The number of rotatable bonds is 9. The maximum Gasteiger partial charge on any atom is 0.0822 e. The molecule has 0 heterocycles. The van der Waals surface area contributed by atoms with Crippen LogP contribution in [0.3, 0.4) is 0 Å². The molecule has 105 valence electrons. The van der Waals surface area contributed by atoms with Crippen LogP contribution in [-0.2, 0) is 5.11 Å². The highest BCUT2D eigenvalue weighted by Crippen LogP contribution is 1.90. The van der Waals surface area contributed by atoms with Crippen molar-refractivity contribution in [1.82, 2.24) is 4.90 Å². The topological polar surface area (TPSA) is 83.8 Å². The van der Waals surface area contributed by atoms with Gasteiger partial charge in [0.1, 0.15) is 0 Å². The predicted molar refractivity (Wildman–Crippen MR) is 67.4 cm³/mol. The molecule has 0 aliphatic heterocycles. The van der Waals surface area contributed by atoms with Crippen LogP contribution in [0.4, 0.5) is 0 Å². The molecule has 0 aliphatic carbocycles. The average molecular weight is 250 g/mol. The van der Waals surface area contributed by atoms with Crippen LogP contribution in [0.1, 0.15) is 33.1 Å². The molecule has 0 spiro atoms. The Kier molecular flexibility index (Phi) is 17.8. The summed E-state index contributed by atoms with van der Waals surface area (Å²) in [6, 6.07) is 0. The zero-order valence-electron chi connectivity index (χ0n) is 11.1. The van der Waals surface area contributed by atoms with Crippen molar-refractivity contribution in [1.29, 1.82) is 0 Å². The summed E-state index contributed by atoms with van der Waals surface area (Å²) in [7, 11) is 0. The fourth-order valence-corrected chi connectivity index (χ4v) is 1.30. The number of nitrogens with zero attached hydrogens (tertiary/aromatic N) is 1. The lowest BCUT2D eigenvalue weighted by Gasteiger charge is -2.21. The summed E-state index contributed by atoms with van der Waals surface area (Å²) in [4.78, 5) is 1.81. The van der Waals surface area contributed by atoms with E-state index < -0.39 is 6.10 Å². The second-order valence-electron chi connectivity index (χ2n) is 4.01. The van der Waals surface area contributed by atoms with Gasteiger partial charge in [-0.25, -0.2) is 5.11 Å². The van der Waals surface area contributed by atoms with Crippen molar-refractivity contribution in [3.63, 3.8) is 0 Å². The van der Waals surface area contributed by atoms with Crippen molar-refractivity contribution in [2.75, 3.05) is 39.5 Å². The van der Waals surface area contributed by atoms with Gasteiger partial charge < -0.3 is 15.3 Å². The van der Waals surface area contributed by atoms with Gasteiger partial charge in [0.25, 0.3) is 0 Å². The number of aliphatic hydroxyl groups is 3. The molecular formula is C12H28NO4. The monoisotopic (exact) mass is 250 g/mol. The highest BCUT2D eigenvalue weighted by atomic mass is 16.3. The molecule has 0 rings (SSSR count). The molecule has 1 atom stereocenters. The molecular weight excluding hydrogens is 222 g/mol. The number of aliphatic hydroxyl groups excluding tert-OH is 3. The molecule has 0 amide bonds. The van der Waals surface area contributed by atoms with Crippen molar-refractivity contribution in [2.24, 2.45) is 0 Å². The average Bonchev–Trinajstić information content (AvgIpc) is 2.27. The minimum absolute atomic E-state index is 0.0622. The molecule has 1 radical (unpaired) electrons. The van der Waals surface area contributed by atoms with E-state index in [9.17, 15) is 5.11 Å². The largest absolute Gasteiger partial charge is 0.395 e. The molecule has 0 aromatic heterocycles. The highest BCUT2D eigenvalue weighted by molar-refractivity contribution is 4.59. The van der Waals surface area contributed by atoms with E-state index in [0.29, 0.717) is 19.6 Å². The Morgan fingerprint density at radius 3 is 1.88 bits per heavy atom. The van der Waals surface area contributed by atoms with E-state index in [1.54, 1.807) is 6.92 Å². The number of hydrogen-bond donors (Lipinski definition) is 3. The summed E-state index contributed by atoms with van der Waals surface area (Å²) in [5.41, 5.74) is 0. The van der Waals surface area contributed by atoms with Crippen LogP contribution in [0.25, 0.3) is 0 Å². The van der Waals surface area contributed by atoms with E-state index in [1.165, 1.54) is 0 Å². The SMILES string of the molecule is CC(O)CN(CCO)CCO.CCCCC[O]. The van der Waals surface area contributed by atoms with Gasteiger partial charge in [-0.1, -0.05) is 19.8 Å². The smallest absolute Gasteiger partial charge is 0.0822 e. The van der Waals surface area contributed by atoms with Crippen molar-refractivity contribution in [3.05, 3.63) is 0 Å². The summed E-state index contributed by atoms with van der Waals surface area (Å²) < 4.78 is 0. The third-order valence-corrected chi connectivity index (χ3v) is 2.10. The highest BCUT2D eigenvalue weighted by Gasteiger charge is 2.05. The predicted octanol–water partition coefficient (Wildman–Crippen LogP) is 0.261. The van der Waals surface area contributed by atoms with Crippen LogP contribution in [0.5, 0.6) is 0 Å². The van der Waals surface area contributed by atoms with Crippen LogP contribution in [0.2, 0.25) is 0 Å². The first-order chi connectivity index (χ1) is 8.12. The third-order valence-electron chi connectivity index (χ3n) is 2.10. The van der Waals surface area contributed by atoms with Gasteiger partial charge in [0.05, 0.1) is 25.9 Å². The van der Waals surface area contributed by atoms with Gasteiger partial charge in [-0.2, -0.15) is 0 Å². The summed E-state index contributed by atoms with van der Waals surface area (Å²) in [6.07, 6.45) is 2.70. The summed E-state index contributed by atoms with van der Waals surface area (Å²) in [5.74, 6) is 0. The van der Waals surface area contributed by atoms with E-state index in [1.807, 2.05) is 4.90 Å². The van der Waals surface area contributed by atoms with E-state index in [-0.39, 0.29) is 19.8 Å². The molecule has 0 bridgehead atoms. The quantitative estimate of drug-likeness (QED) is 0.513. The van der Waals surface area contributed by atoms with Gasteiger partial charge in [-0.05, 0) is 13.3 Å². The molecule has 0 fully saturated rings. The second kappa shape index (κ2) is 15.8. The number of unbranched alkanes of at least 4 members (excludes halogenated alkanes) is 2. The summed E-state index contributed by atoms with van der Waals surface area (Å²) in [5, 5.41) is 35.8. The summed E-state index contributed by atoms with van der Waals surface area (Å²) in [6.45, 7) is 5.52. The first kappa shape index (κ1) is 19.1. The lowest BCUT2D eigenvalue weighted by Crippen LogP contribution is -2.35. The minimum Gasteiger partial charge on any atom is -0.395 e. The normalized spacial score (nSPS) is 12.2. The Labute approximate surface area is 105 Å². The van der Waals surface area contributed by atoms with E-state index >= 15 is 0 Å². The van der Waals surface area contributed by atoms with Gasteiger partial charge in [-0.15, -0.1) is 0 Å². The van der Waals surface area contributed by atoms with Crippen LogP contribution >= 0.6 is 0 Å². The van der Waals surface area contributed by atoms with Gasteiger partial charge in [0, 0.05) is 19.6 Å². The Morgan fingerprint density at radius 2 is 1.65 bits per heavy atom. The molecule has 0 saturated carbocycles. The Hall–Kier alpha value is -0.200. The van der Waals surface area contributed by atoms with Crippen molar-refractivity contribution >= 4 is 0 Å². The first-order valence-corrected chi connectivity index (χ1v) is 6.32. The fraction of sp³-hybridized carbons (Fsp3) is 1.00. The van der Waals surface area contributed by atoms with Gasteiger partial charge >= 0.3 is 0 Å². The standard InChI is InChI=1S/C7H17NO3.C5H11O/c1-7(11)6-8(2-4-9)3-5-10;1-2-3-4-5-6/h7,9-11H,2-6H2,1H3;2-5H2,1H3. The zero-order chi connectivity index (χ0) is 13.5. The van der Waals surface area contributed by atoms with Gasteiger partial charge in [-0.3, -0.25) is 4.90 Å². The Balaban J connectivity index is 0. The van der Waals surface area contributed by atoms with E-state index in [2.05, 4.69) is 6.92 Å². The lowest BCUT2D eigenvalue weighted by molar-refractivity contribution is 0.0972. The van der Waals surface area contributed by atoms with Crippen LogP contribution in [0.15, 0.2) is 0 Å². The second-order valence-corrected chi connectivity index (χ2v) is 4.01. The van der Waals surface area contributed by atoms with Crippen molar-refractivity contribution < 1.29 is 20.4 Å². The van der Waals surface area contributed by atoms with Crippen LogP contribution in [-0.4, -0.2) is 65.8 Å². The van der Waals surface area contributed by atoms with E-state index in [4.69, 9.17) is 15.3 Å². The Bertz CT molecular complexity index is 124. The maximum atomic E-state index is 9.69. The molecule has 0 saturated heterocycles. The molecule has 5 nitrogen and oxygen atoms in total. The van der Waals surface area contributed by atoms with Gasteiger partial charge in [0.2, 0.25) is 0 Å². The third kappa shape index (κ3) is 18.4. The fourth-order valence-electron chi connectivity index (χ4n) is 1.30. The maximum absolute atomic E-state index is 9.69. The van der Waals surface area contributed by atoms with Gasteiger partial charge in [0.15, 0.2) is 0 Å². The molecule has 1 unspecified atom stereocenters. The van der Waals surface area contributed by atoms with Crippen LogP contribution in [0, 0.1) is 0 Å². The molecule has 0 aromatic carbocycles. The minimum atomic E-state index is -0.409. The van der Waals surface area contributed by atoms with Crippen molar-refractivity contribution in [3.8, 4) is 0 Å². The molecule has 17 heavy (non-hydrogen) atoms. The molecule has 0 aromatic rings. The molecule has 5 heteroatoms. The molecule has 3 N–H and O–H groups in total. The van der Waals surface area contributed by atoms with E-state index in [0.717, 1.165) is 19.3 Å². The first-order valence-electron chi connectivity index (χ1n) is 6.32. The molecule has 0 aliphatic rings. The Morgan fingerprint density at radius 1 is 1.12 bits per heavy atom. The number of hydrogen-bond acceptors (Lipinski definition) is 4. The van der Waals surface area contributed by atoms with Crippen LogP contribution < -0.4 is 0 Å². The van der Waals surface area contributed by atoms with Crippen molar-refractivity contribution in [2.45, 2.75) is 39.2 Å².